The summed E-state index contributed by atoms with van der Waals surface area (Å²) in [4.78, 5) is 11.4. The van der Waals surface area contributed by atoms with Crippen LogP contribution in [0.5, 0.6) is 0 Å². The van der Waals surface area contributed by atoms with Gasteiger partial charge in [-0.05, 0) is 49.1 Å². The Morgan fingerprint density at radius 1 is 1.25 bits per heavy atom. The third kappa shape index (κ3) is 2.65. The Kier molecular flexibility index (Phi) is 4.04. The van der Waals surface area contributed by atoms with E-state index in [-0.39, 0.29) is 22.7 Å². The van der Waals surface area contributed by atoms with Gasteiger partial charge >= 0.3 is 0 Å². The quantitative estimate of drug-likeness (QED) is 0.925. The number of benzene rings is 2. The van der Waals surface area contributed by atoms with Crippen LogP contribution >= 0.6 is 0 Å². The first-order valence-electron chi connectivity index (χ1n) is 7.53. The summed E-state index contributed by atoms with van der Waals surface area (Å²) in [6, 6.07) is 8.73. The second-order valence-electron chi connectivity index (χ2n) is 5.77. The maximum Gasteiger partial charge on any atom is 0.264 e. The van der Waals surface area contributed by atoms with E-state index >= 15 is 0 Å². The summed E-state index contributed by atoms with van der Waals surface area (Å²) < 4.78 is 41.3. The average Bonchev–Trinajstić information content (AvgIpc) is 2.54. The molecule has 0 atom stereocenters. The van der Waals surface area contributed by atoms with Crippen molar-refractivity contribution in [1.82, 2.24) is 0 Å². The van der Waals surface area contributed by atoms with Crippen molar-refractivity contribution in [3.05, 3.63) is 58.9 Å². The number of hydrogen-bond donors (Lipinski definition) is 1. The zero-order valence-electron chi connectivity index (χ0n) is 13.1. The highest BCUT2D eigenvalue weighted by molar-refractivity contribution is 7.92. The lowest BCUT2D eigenvalue weighted by molar-refractivity contribution is 0.0999. The summed E-state index contributed by atoms with van der Waals surface area (Å²) in [6.45, 7) is 1.86. The maximum atomic E-state index is 14.3. The second kappa shape index (κ2) is 5.90. The SMILES string of the molecule is Cc1ccc(S(=O)(=O)N2CCCc3cccc(F)c32)cc1C(N)=O. The van der Waals surface area contributed by atoms with Gasteiger partial charge in [0.25, 0.3) is 10.0 Å². The molecule has 0 saturated carbocycles. The highest BCUT2D eigenvalue weighted by Crippen LogP contribution is 2.34. The van der Waals surface area contributed by atoms with Crippen LogP contribution in [0.4, 0.5) is 10.1 Å². The van der Waals surface area contributed by atoms with Crippen LogP contribution in [0.25, 0.3) is 0 Å². The number of nitrogens with two attached hydrogens (primary N) is 1. The molecule has 1 amide bonds. The summed E-state index contributed by atoms with van der Waals surface area (Å²) in [5, 5.41) is 0. The largest absolute Gasteiger partial charge is 0.366 e. The maximum absolute atomic E-state index is 14.3. The molecule has 0 aromatic heterocycles. The summed E-state index contributed by atoms with van der Waals surface area (Å²) in [5.74, 6) is -1.27. The number of carbonyl (C=O) groups is 1. The molecule has 0 fully saturated rings. The number of sulfonamides is 1. The van der Waals surface area contributed by atoms with E-state index in [1.54, 1.807) is 19.1 Å². The highest BCUT2D eigenvalue weighted by atomic mass is 32.2. The van der Waals surface area contributed by atoms with Crippen molar-refractivity contribution in [1.29, 1.82) is 0 Å². The van der Waals surface area contributed by atoms with E-state index in [0.717, 1.165) is 4.31 Å². The fourth-order valence-electron chi connectivity index (χ4n) is 2.96. The lowest BCUT2D eigenvalue weighted by atomic mass is 10.0. The molecule has 0 unspecified atom stereocenters. The fourth-order valence-corrected chi connectivity index (χ4v) is 4.54. The van der Waals surface area contributed by atoms with Gasteiger partial charge < -0.3 is 5.73 Å². The summed E-state index contributed by atoms with van der Waals surface area (Å²) >= 11 is 0. The van der Waals surface area contributed by atoms with Crippen LogP contribution < -0.4 is 10.0 Å². The van der Waals surface area contributed by atoms with Gasteiger partial charge in [0.15, 0.2) is 0 Å². The van der Waals surface area contributed by atoms with Gasteiger partial charge in [-0.2, -0.15) is 0 Å². The van der Waals surface area contributed by atoms with E-state index in [9.17, 15) is 17.6 Å². The van der Waals surface area contributed by atoms with E-state index in [2.05, 4.69) is 0 Å². The minimum Gasteiger partial charge on any atom is -0.366 e. The van der Waals surface area contributed by atoms with Crippen LogP contribution in [0.3, 0.4) is 0 Å². The molecular weight excluding hydrogens is 331 g/mol. The number of carbonyl (C=O) groups excluding carboxylic acids is 1. The van der Waals surface area contributed by atoms with Gasteiger partial charge in [-0.3, -0.25) is 9.10 Å². The van der Waals surface area contributed by atoms with E-state index in [0.29, 0.717) is 24.0 Å². The number of aryl methyl sites for hydroxylation is 2. The molecule has 126 valence electrons. The van der Waals surface area contributed by atoms with Crippen LogP contribution in [0, 0.1) is 12.7 Å². The number of anilines is 1. The Hall–Kier alpha value is -2.41. The molecule has 2 aromatic rings. The minimum atomic E-state index is -3.99. The van der Waals surface area contributed by atoms with Crippen LogP contribution in [0.1, 0.15) is 27.9 Å². The van der Waals surface area contributed by atoms with E-state index < -0.39 is 21.7 Å². The van der Waals surface area contributed by atoms with Crippen LogP contribution in [0.2, 0.25) is 0 Å². The van der Waals surface area contributed by atoms with Gasteiger partial charge in [-0.15, -0.1) is 0 Å². The molecule has 7 heteroatoms. The first-order valence-corrected chi connectivity index (χ1v) is 8.97. The normalized spacial score (nSPS) is 14.3. The molecule has 24 heavy (non-hydrogen) atoms. The number of rotatable bonds is 3. The number of hydrogen-bond acceptors (Lipinski definition) is 3. The van der Waals surface area contributed by atoms with Gasteiger partial charge in [-0.25, -0.2) is 12.8 Å². The second-order valence-corrected chi connectivity index (χ2v) is 7.63. The Morgan fingerprint density at radius 2 is 2.00 bits per heavy atom. The molecule has 1 heterocycles. The molecule has 5 nitrogen and oxygen atoms in total. The van der Waals surface area contributed by atoms with Gasteiger partial charge in [0.1, 0.15) is 5.82 Å². The Labute approximate surface area is 139 Å². The standard InChI is InChI=1S/C17H17FN2O3S/c1-11-7-8-13(10-14(11)17(19)21)24(22,23)20-9-3-5-12-4-2-6-15(18)16(12)20/h2,4,6-8,10H,3,5,9H2,1H3,(H2,19,21). The van der Waals surface area contributed by atoms with Gasteiger partial charge in [-0.1, -0.05) is 18.2 Å². The number of primary amides is 1. The molecule has 0 aliphatic carbocycles. The number of halogens is 1. The average molecular weight is 348 g/mol. The van der Waals surface area contributed by atoms with E-state index in [1.165, 1.54) is 24.3 Å². The first kappa shape index (κ1) is 16.4. The number of para-hydroxylation sites is 1. The van der Waals surface area contributed by atoms with Gasteiger partial charge in [0, 0.05) is 12.1 Å². The summed E-state index contributed by atoms with van der Waals surface area (Å²) in [7, 11) is -3.99. The molecule has 2 aromatic carbocycles. The van der Waals surface area contributed by atoms with Gasteiger partial charge in [0.2, 0.25) is 5.91 Å². The molecule has 1 aliphatic rings. The molecule has 0 radical (unpaired) electrons. The molecule has 1 aliphatic heterocycles. The Balaban J connectivity index is 2.14. The van der Waals surface area contributed by atoms with Gasteiger partial charge in [0.05, 0.1) is 10.6 Å². The van der Waals surface area contributed by atoms with Crippen molar-refractivity contribution in [2.24, 2.45) is 5.73 Å². The molecular formula is C17H17FN2O3S. The van der Waals surface area contributed by atoms with E-state index in [1.807, 2.05) is 0 Å². The first-order chi connectivity index (χ1) is 11.3. The Bertz CT molecular complexity index is 925. The molecule has 0 spiro atoms. The molecule has 3 rings (SSSR count). The van der Waals surface area contributed by atoms with Crippen molar-refractivity contribution in [2.75, 3.05) is 10.8 Å². The van der Waals surface area contributed by atoms with Crippen molar-refractivity contribution < 1.29 is 17.6 Å². The lowest BCUT2D eigenvalue weighted by Crippen LogP contribution is -2.36. The third-order valence-corrected chi connectivity index (χ3v) is 5.98. The Morgan fingerprint density at radius 3 is 2.71 bits per heavy atom. The number of amides is 1. The van der Waals surface area contributed by atoms with Crippen molar-refractivity contribution in [3.8, 4) is 0 Å². The molecule has 2 N–H and O–H groups in total. The topological polar surface area (TPSA) is 80.5 Å². The van der Waals surface area contributed by atoms with Crippen LogP contribution in [-0.2, 0) is 16.4 Å². The van der Waals surface area contributed by atoms with Crippen LogP contribution in [0.15, 0.2) is 41.3 Å². The van der Waals surface area contributed by atoms with Crippen molar-refractivity contribution >= 4 is 21.6 Å². The molecule has 0 bridgehead atoms. The number of nitrogens with zero attached hydrogens (tertiary/aromatic N) is 1. The third-order valence-electron chi connectivity index (χ3n) is 4.19. The van der Waals surface area contributed by atoms with Crippen molar-refractivity contribution in [3.63, 3.8) is 0 Å². The number of fused-ring (bicyclic) bond motifs is 1. The predicted molar refractivity (Wildman–Crippen MR) is 88.9 cm³/mol. The monoisotopic (exact) mass is 348 g/mol. The lowest BCUT2D eigenvalue weighted by Gasteiger charge is -2.30. The zero-order chi connectivity index (χ0) is 17.5. The fraction of sp³-hybridized carbons (Fsp3) is 0.235. The predicted octanol–water partition coefficient (Wildman–Crippen LogP) is 2.37. The molecule has 0 saturated heterocycles. The smallest absolute Gasteiger partial charge is 0.264 e. The zero-order valence-corrected chi connectivity index (χ0v) is 13.9. The van der Waals surface area contributed by atoms with E-state index in [4.69, 9.17) is 5.73 Å². The minimum absolute atomic E-state index is 0.0713. The summed E-state index contributed by atoms with van der Waals surface area (Å²) in [5.41, 5.74) is 6.78. The van der Waals surface area contributed by atoms with Crippen molar-refractivity contribution in [2.45, 2.75) is 24.7 Å². The van der Waals surface area contributed by atoms with Crippen LogP contribution in [-0.4, -0.2) is 20.9 Å². The summed E-state index contributed by atoms with van der Waals surface area (Å²) in [6.07, 6.45) is 1.23. The highest BCUT2D eigenvalue weighted by Gasteiger charge is 2.31.